The number of ether oxygens (including phenoxy) is 1. The molecule has 4 nitrogen and oxygen atoms in total. The fourth-order valence-electron chi connectivity index (χ4n) is 5.44. The molecule has 1 saturated carbocycles. The van der Waals surface area contributed by atoms with Crippen LogP contribution in [0.15, 0.2) is 42.0 Å². The van der Waals surface area contributed by atoms with Crippen molar-refractivity contribution in [1.29, 1.82) is 0 Å². The van der Waals surface area contributed by atoms with Crippen molar-refractivity contribution in [3.8, 4) is 5.75 Å². The molecular formula is C28H40N2O2. The van der Waals surface area contributed by atoms with Crippen LogP contribution in [0.25, 0.3) is 0 Å². The van der Waals surface area contributed by atoms with Gasteiger partial charge in [0.1, 0.15) is 11.9 Å². The minimum absolute atomic E-state index is 0.0148. The highest BCUT2D eigenvalue weighted by molar-refractivity contribution is 5.95. The Morgan fingerprint density at radius 2 is 2.00 bits per heavy atom. The van der Waals surface area contributed by atoms with E-state index < -0.39 is 0 Å². The Bertz CT molecular complexity index is 851. The summed E-state index contributed by atoms with van der Waals surface area (Å²) in [4.78, 5) is 14.3. The Balaban J connectivity index is 1.44. The summed E-state index contributed by atoms with van der Waals surface area (Å²) in [5, 5.41) is 0. The average Bonchev–Trinajstić information content (AvgIpc) is 2.96. The summed E-state index contributed by atoms with van der Waals surface area (Å²) in [6.07, 6.45) is 16.0. The summed E-state index contributed by atoms with van der Waals surface area (Å²) in [5.41, 5.74) is 8.77. The molecule has 32 heavy (non-hydrogen) atoms. The van der Waals surface area contributed by atoms with E-state index in [0.717, 1.165) is 37.0 Å². The van der Waals surface area contributed by atoms with Gasteiger partial charge in [-0.2, -0.15) is 0 Å². The topological polar surface area (TPSA) is 55.6 Å². The third-order valence-electron chi connectivity index (χ3n) is 7.37. The first-order valence-corrected chi connectivity index (χ1v) is 12.7. The molecular weight excluding hydrogens is 396 g/mol. The molecule has 2 unspecified atom stereocenters. The first kappa shape index (κ1) is 23.1. The van der Waals surface area contributed by atoms with Crippen LogP contribution in [0.5, 0.6) is 5.75 Å². The summed E-state index contributed by atoms with van der Waals surface area (Å²) in [6, 6.07) is 6.77. The van der Waals surface area contributed by atoms with Gasteiger partial charge in [-0.15, -0.1) is 0 Å². The van der Waals surface area contributed by atoms with Crippen molar-refractivity contribution in [3.63, 3.8) is 0 Å². The van der Waals surface area contributed by atoms with Gasteiger partial charge in [-0.25, -0.2) is 0 Å². The van der Waals surface area contributed by atoms with Crippen LogP contribution in [0, 0.1) is 17.8 Å². The van der Waals surface area contributed by atoms with Gasteiger partial charge in [-0.1, -0.05) is 57.4 Å². The Kier molecular flexibility index (Phi) is 7.72. The van der Waals surface area contributed by atoms with Crippen molar-refractivity contribution in [2.75, 3.05) is 13.1 Å². The number of nitrogens with two attached hydrogens (primary N) is 1. The van der Waals surface area contributed by atoms with Crippen LogP contribution >= 0.6 is 0 Å². The second-order valence-corrected chi connectivity index (χ2v) is 10.5. The number of amides is 1. The smallest absolute Gasteiger partial charge is 0.248 e. The van der Waals surface area contributed by atoms with Crippen LogP contribution in [0.1, 0.15) is 69.9 Å². The van der Waals surface area contributed by atoms with Gasteiger partial charge in [-0.3, -0.25) is 9.69 Å². The highest BCUT2D eigenvalue weighted by atomic mass is 16.5. The van der Waals surface area contributed by atoms with E-state index in [2.05, 4.69) is 36.9 Å². The van der Waals surface area contributed by atoms with Crippen molar-refractivity contribution >= 4 is 5.91 Å². The van der Waals surface area contributed by atoms with Crippen LogP contribution < -0.4 is 10.5 Å². The van der Waals surface area contributed by atoms with E-state index in [1.54, 1.807) is 6.08 Å². The molecule has 4 heteroatoms. The van der Waals surface area contributed by atoms with E-state index in [1.807, 2.05) is 12.2 Å². The van der Waals surface area contributed by atoms with Gasteiger partial charge >= 0.3 is 0 Å². The quantitative estimate of drug-likeness (QED) is 0.593. The zero-order valence-electron chi connectivity index (χ0n) is 19.9. The van der Waals surface area contributed by atoms with Crippen molar-refractivity contribution in [2.24, 2.45) is 23.5 Å². The summed E-state index contributed by atoms with van der Waals surface area (Å²) in [6.45, 7) is 8.08. The lowest BCUT2D eigenvalue weighted by molar-refractivity contribution is -0.114. The molecule has 0 aromatic heterocycles. The number of nitrogens with zero attached hydrogens (tertiary/aromatic N) is 1. The molecule has 1 fully saturated rings. The van der Waals surface area contributed by atoms with Gasteiger partial charge in [0.2, 0.25) is 5.91 Å². The molecule has 1 aromatic carbocycles. The van der Waals surface area contributed by atoms with Gasteiger partial charge in [-0.05, 0) is 73.8 Å². The lowest BCUT2D eigenvalue weighted by atomic mass is 9.88. The monoisotopic (exact) mass is 436 g/mol. The maximum absolute atomic E-state index is 11.6. The zero-order chi connectivity index (χ0) is 22.5. The van der Waals surface area contributed by atoms with E-state index in [0.29, 0.717) is 5.57 Å². The molecule has 0 spiro atoms. The normalized spacial score (nSPS) is 23.3. The van der Waals surface area contributed by atoms with Crippen molar-refractivity contribution < 1.29 is 9.53 Å². The first-order chi connectivity index (χ1) is 15.5. The van der Waals surface area contributed by atoms with E-state index in [4.69, 9.17) is 10.5 Å². The lowest BCUT2D eigenvalue weighted by Gasteiger charge is -2.30. The second kappa shape index (κ2) is 10.7. The number of carbonyl (C=O) groups excluding carboxylic acids is 1. The van der Waals surface area contributed by atoms with E-state index in [1.165, 1.54) is 62.7 Å². The van der Waals surface area contributed by atoms with E-state index in [-0.39, 0.29) is 17.9 Å². The molecule has 1 aromatic rings. The number of rotatable bonds is 8. The molecule has 0 saturated heterocycles. The molecule has 1 heterocycles. The number of carbonyl (C=O) groups is 1. The molecule has 1 aliphatic heterocycles. The number of benzene rings is 1. The summed E-state index contributed by atoms with van der Waals surface area (Å²) in [5.74, 6) is 2.43. The largest absolute Gasteiger partial charge is 0.485 e. The number of aryl methyl sites for hydroxylation is 1. The maximum atomic E-state index is 11.6. The molecule has 2 atom stereocenters. The van der Waals surface area contributed by atoms with Gasteiger partial charge < -0.3 is 10.5 Å². The number of hydrogen-bond donors (Lipinski definition) is 1. The van der Waals surface area contributed by atoms with Crippen LogP contribution in [-0.4, -0.2) is 30.0 Å². The summed E-state index contributed by atoms with van der Waals surface area (Å²) < 4.78 is 6.35. The summed E-state index contributed by atoms with van der Waals surface area (Å²) >= 11 is 0. The number of fused-ring (bicyclic) bond motifs is 2. The molecule has 2 N–H and O–H groups in total. The SMILES string of the molecule is CC(C)CCN(Cc1ccc2c(c1)CCC1C=C(C(N)=O)C=CC1O2)CC1CCCCC1. The Hall–Kier alpha value is -2.07. The molecule has 0 bridgehead atoms. The number of hydrogen-bond acceptors (Lipinski definition) is 3. The standard InChI is InChI=1S/C28H40N2O2/c1-20(2)14-15-30(18-21-6-4-3-5-7-21)19-22-8-12-26-23(16-22)9-10-24-17-25(28(29)31)11-13-27(24)32-26/h8,11-13,16-17,20-21,24,27H,3-7,9-10,14-15,18-19H2,1-2H3,(H2,29,31). The Morgan fingerprint density at radius 1 is 1.19 bits per heavy atom. The van der Waals surface area contributed by atoms with Gasteiger partial charge in [0, 0.05) is 24.6 Å². The number of primary amides is 1. The Morgan fingerprint density at radius 3 is 2.75 bits per heavy atom. The van der Waals surface area contributed by atoms with Crippen LogP contribution in [0.2, 0.25) is 0 Å². The highest BCUT2D eigenvalue weighted by Crippen LogP contribution is 2.34. The fourth-order valence-corrected chi connectivity index (χ4v) is 5.44. The first-order valence-electron chi connectivity index (χ1n) is 12.7. The lowest BCUT2D eigenvalue weighted by Crippen LogP contribution is -2.31. The van der Waals surface area contributed by atoms with E-state index in [9.17, 15) is 4.79 Å². The molecule has 2 aliphatic carbocycles. The zero-order valence-corrected chi connectivity index (χ0v) is 19.9. The Labute approximate surface area is 193 Å². The molecule has 3 aliphatic rings. The second-order valence-electron chi connectivity index (χ2n) is 10.5. The maximum Gasteiger partial charge on any atom is 0.248 e. The van der Waals surface area contributed by atoms with E-state index >= 15 is 0 Å². The highest BCUT2D eigenvalue weighted by Gasteiger charge is 2.28. The molecule has 174 valence electrons. The summed E-state index contributed by atoms with van der Waals surface area (Å²) in [7, 11) is 0. The molecule has 1 amide bonds. The predicted molar refractivity (Wildman–Crippen MR) is 130 cm³/mol. The van der Waals surface area contributed by atoms with Crippen molar-refractivity contribution in [1.82, 2.24) is 4.90 Å². The minimum atomic E-state index is -0.358. The van der Waals surface area contributed by atoms with Gasteiger partial charge in [0.05, 0.1) is 0 Å². The van der Waals surface area contributed by atoms with Crippen LogP contribution in [0.4, 0.5) is 0 Å². The van der Waals surface area contributed by atoms with Crippen molar-refractivity contribution in [2.45, 2.75) is 77.9 Å². The third kappa shape index (κ3) is 6.04. The average molecular weight is 437 g/mol. The predicted octanol–water partition coefficient (Wildman–Crippen LogP) is 5.41. The van der Waals surface area contributed by atoms with Gasteiger partial charge in [0.15, 0.2) is 0 Å². The van der Waals surface area contributed by atoms with Crippen molar-refractivity contribution in [3.05, 3.63) is 53.1 Å². The third-order valence-corrected chi connectivity index (χ3v) is 7.37. The fraction of sp³-hybridized carbons (Fsp3) is 0.607. The van der Waals surface area contributed by atoms with Crippen LogP contribution in [-0.2, 0) is 17.8 Å². The van der Waals surface area contributed by atoms with Crippen LogP contribution in [0.3, 0.4) is 0 Å². The minimum Gasteiger partial charge on any atom is -0.485 e. The van der Waals surface area contributed by atoms with Gasteiger partial charge in [0.25, 0.3) is 0 Å². The molecule has 0 radical (unpaired) electrons. The molecule has 4 rings (SSSR count).